The van der Waals surface area contributed by atoms with E-state index in [0.717, 1.165) is 16.7 Å². The van der Waals surface area contributed by atoms with Gasteiger partial charge in [-0.15, -0.1) is 0 Å². The predicted molar refractivity (Wildman–Crippen MR) is 45.8 cm³/mol. The maximum atomic E-state index is 9.56. The Kier molecular flexibility index (Phi) is 0.895. The van der Waals surface area contributed by atoms with Crippen molar-refractivity contribution in [1.29, 1.82) is 0 Å². The number of aromatic hydroxyl groups is 2. The molecule has 0 atom stereocenters. The number of fused-ring (bicyclic) bond motifs is 2. The molecule has 0 spiro atoms. The molecule has 3 rings (SSSR count). The highest BCUT2D eigenvalue weighted by Gasteiger charge is 2.25. The highest BCUT2D eigenvalue weighted by atomic mass is 32.1. The Morgan fingerprint density at radius 2 is 2.25 bits per heavy atom. The molecule has 1 heterocycles. The van der Waals surface area contributed by atoms with Crippen molar-refractivity contribution in [2.75, 3.05) is 0 Å². The quantitative estimate of drug-likeness (QED) is 0.551. The summed E-state index contributed by atoms with van der Waals surface area (Å²) < 4.78 is 0.862. The molecule has 1 aromatic carbocycles. The van der Waals surface area contributed by atoms with E-state index >= 15 is 0 Å². The molecule has 3 nitrogen and oxygen atoms in total. The van der Waals surface area contributed by atoms with Crippen molar-refractivity contribution in [3.63, 3.8) is 0 Å². The Morgan fingerprint density at radius 3 is 3.08 bits per heavy atom. The lowest BCUT2D eigenvalue weighted by atomic mass is 10.3. The number of phenols is 1. The van der Waals surface area contributed by atoms with Gasteiger partial charge >= 0.3 is 0 Å². The Labute approximate surface area is 71.9 Å². The third-order valence-electron chi connectivity index (χ3n) is 2.09. The van der Waals surface area contributed by atoms with Crippen LogP contribution in [0.1, 0.15) is 11.1 Å². The number of rotatable bonds is 0. The van der Waals surface area contributed by atoms with Crippen molar-refractivity contribution < 1.29 is 10.2 Å². The summed E-state index contributed by atoms with van der Waals surface area (Å²) in [6.45, 7) is 0. The van der Waals surface area contributed by atoms with Crippen LogP contribution in [0.15, 0.2) is 6.07 Å². The van der Waals surface area contributed by atoms with Crippen LogP contribution in [0.25, 0.3) is 10.2 Å². The number of phenolic OH excluding ortho intramolecular Hbond substituents is 1. The van der Waals surface area contributed by atoms with Gasteiger partial charge in [0.15, 0.2) is 0 Å². The van der Waals surface area contributed by atoms with E-state index in [0.29, 0.717) is 5.52 Å². The summed E-state index contributed by atoms with van der Waals surface area (Å²) >= 11 is 1.20. The Morgan fingerprint density at radius 1 is 1.42 bits per heavy atom. The Bertz CT molecular complexity index is 489. The van der Waals surface area contributed by atoms with Crippen LogP contribution in [0.2, 0.25) is 0 Å². The summed E-state index contributed by atoms with van der Waals surface area (Å²) in [6.07, 6.45) is 0.871. The maximum Gasteiger partial charge on any atom is 0.271 e. The topological polar surface area (TPSA) is 53.4 Å². The smallest absolute Gasteiger partial charge is 0.271 e. The number of aromatic nitrogens is 1. The molecule has 0 saturated heterocycles. The minimum Gasteiger partial charge on any atom is -0.505 e. The highest BCUT2D eigenvalue weighted by Crippen LogP contribution is 2.44. The summed E-state index contributed by atoms with van der Waals surface area (Å²) in [5.74, 6) is 0.249. The zero-order valence-electron chi connectivity index (χ0n) is 6.03. The molecule has 0 aliphatic heterocycles. The zero-order chi connectivity index (χ0) is 8.29. The van der Waals surface area contributed by atoms with Crippen LogP contribution in [-0.4, -0.2) is 15.2 Å². The Hall–Kier alpha value is -1.29. The van der Waals surface area contributed by atoms with Crippen LogP contribution in [-0.2, 0) is 6.42 Å². The van der Waals surface area contributed by atoms with Gasteiger partial charge < -0.3 is 10.2 Å². The highest BCUT2D eigenvalue weighted by molar-refractivity contribution is 7.20. The molecule has 1 aliphatic rings. The minimum atomic E-state index is 0.0188. The fraction of sp³-hybridized carbons (Fsp3) is 0.125. The van der Waals surface area contributed by atoms with Crippen LogP contribution < -0.4 is 0 Å². The van der Waals surface area contributed by atoms with Gasteiger partial charge in [-0.2, -0.15) is 4.98 Å². The average Bonchev–Trinajstić information content (AvgIpc) is 2.67. The van der Waals surface area contributed by atoms with E-state index in [1.807, 2.05) is 6.07 Å². The zero-order valence-corrected chi connectivity index (χ0v) is 6.85. The molecule has 60 valence electrons. The molecule has 0 radical (unpaired) electrons. The SMILES string of the molecule is Oc1nc2c(O)c3c(cc2s1)C3. The van der Waals surface area contributed by atoms with Crippen molar-refractivity contribution in [3.05, 3.63) is 17.2 Å². The minimum absolute atomic E-state index is 0.0188. The van der Waals surface area contributed by atoms with Gasteiger partial charge in [0.1, 0.15) is 11.3 Å². The van der Waals surface area contributed by atoms with Crippen LogP contribution >= 0.6 is 11.3 Å². The van der Waals surface area contributed by atoms with E-state index in [1.54, 1.807) is 0 Å². The normalized spacial score (nSPS) is 13.3. The molecule has 0 saturated carbocycles. The van der Waals surface area contributed by atoms with Crippen LogP contribution in [0.5, 0.6) is 10.9 Å². The third kappa shape index (κ3) is 0.628. The third-order valence-corrected chi connectivity index (χ3v) is 2.89. The van der Waals surface area contributed by atoms with Crippen molar-refractivity contribution in [2.24, 2.45) is 0 Å². The summed E-state index contributed by atoms with van der Waals surface area (Å²) in [6, 6.07) is 1.97. The first-order chi connectivity index (χ1) is 5.75. The molecule has 0 amide bonds. The van der Waals surface area contributed by atoms with Gasteiger partial charge in [0, 0.05) is 12.0 Å². The summed E-state index contributed by atoms with van der Waals surface area (Å²) in [4.78, 5) is 3.83. The fourth-order valence-electron chi connectivity index (χ4n) is 1.41. The van der Waals surface area contributed by atoms with Crippen molar-refractivity contribution >= 4 is 21.6 Å². The van der Waals surface area contributed by atoms with Gasteiger partial charge in [-0.3, -0.25) is 0 Å². The van der Waals surface area contributed by atoms with Gasteiger partial charge in [-0.25, -0.2) is 0 Å². The van der Waals surface area contributed by atoms with Crippen LogP contribution in [0, 0.1) is 0 Å². The number of nitrogens with zero attached hydrogens (tertiary/aromatic N) is 1. The molecule has 0 fully saturated rings. The van der Waals surface area contributed by atoms with E-state index in [1.165, 1.54) is 16.9 Å². The molecular weight excluding hydrogens is 174 g/mol. The molecule has 2 aromatic rings. The second-order valence-electron chi connectivity index (χ2n) is 2.88. The lowest BCUT2D eigenvalue weighted by Crippen LogP contribution is -1.68. The monoisotopic (exact) mass is 179 g/mol. The summed E-state index contributed by atoms with van der Waals surface area (Å²) in [5.41, 5.74) is 2.69. The fourth-order valence-corrected chi connectivity index (χ4v) is 2.18. The first-order valence-electron chi connectivity index (χ1n) is 3.59. The Balaban J connectivity index is 2.52. The molecule has 1 aliphatic carbocycles. The van der Waals surface area contributed by atoms with E-state index in [4.69, 9.17) is 5.11 Å². The van der Waals surface area contributed by atoms with Crippen molar-refractivity contribution in [3.8, 4) is 10.9 Å². The van der Waals surface area contributed by atoms with Gasteiger partial charge in [0.25, 0.3) is 5.19 Å². The number of benzene rings is 1. The summed E-state index contributed by atoms with van der Waals surface area (Å²) in [5, 5.41) is 18.7. The number of hydrogen-bond acceptors (Lipinski definition) is 4. The maximum absolute atomic E-state index is 9.56. The molecule has 4 heteroatoms. The van der Waals surface area contributed by atoms with Gasteiger partial charge in [0.05, 0.1) is 4.70 Å². The van der Waals surface area contributed by atoms with E-state index in [2.05, 4.69) is 4.98 Å². The van der Waals surface area contributed by atoms with Crippen molar-refractivity contribution in [2.45, 2.75) is 6.42 Å². The standard InChI is InChI=1S/C8H5NO2S/c10-7-4-1-3(4)2-5-6(7)9-8(11)12-5/h2,10H,1H2,(H,9,11). The molecule has 0 bridgehead atoms. The van der Waals surface area contributed by atoms with Gasteiger partial charge in [-0.1, -0.05) is 11.3 Å². The second-order valence-corrected chi connectivity index (χ2v) is 3.89. The van der Waals surface area contributed by atoms with Crippen LogP contribution in [0.4, 0.5) is 0 Å². The van der Waals surface area contributed by atoms with Gasteiger partial charge in [0.2, 0.25) is 0 Å². The second kappa shape index (κ2) is 1.72. The molecule has 0 unspecified atom stereocenters. The average molecular weight is 179 g/mol. The number of hydrogen-bond donors (Lipinski definition) is 2. The van der Waals surface area contributed by atoms with Crippen LogP contribution in [0.3, 0.4) is 0 Å². The lowest BCUT2D eigenvalue weighted by molar-refractivity contribution is 0.465. The predicted octanol–water partition coefficient (Wildman–Crippen LogP) is 1.61. The number of thiazole rings is 1. The van der Waals surface area contributed by atoms with E-state index in [9.17, 15) is 5.11 Å². The molecule has 1 aromatic heterocycles. The van der Waals surface area contributed by atoms with E-state index < -0.39 is 0 Å². The molecular formula is C8H5NO2S. The largest absolute Gasteiger partial charge is 0.505 e. The first-order valence-corrected chi connectivity index (χ1v) is 4.40. The first kappa shape index (κ1) is 6.25. The van der Waals surface area contributed by atoms with Crippen molar-refractivity contribution in [1.82, 2.24) is 4.98 Å². The molecule has 12 heavy (non-hydrogen) atoms. The van der Waals surface area contributed by atoms with Gasteiger partial charge in [-0.05, 0) is 11.6 Å². The van der Waals surface area contributed by atoms with E-state index in [-0.39, 0.29) is 10.9 Å². The molecule has 2 N–H and O–H groups in total. The lowest BCUT2D eigenvalue weighted by Gasteiger charge is -1.88. The summed E-state index contributed by atoms with van der Waals surface area (Å²) in [7, 11) is 0.